The molecule has 0 aromatic carbocycles. The SMILES string of the molecule is CC1(C)C(O)CC1N1C(=O)CC2(CCCCC2)C1=O. The first-order valence-electron chi connectivity index (χ1n) is 7.43. The third-order valence-electron chi connectivity index (χ3n) is 5.72. The Kier molecular flexibility index (Phi) is 2.79. The first-order chi connectivity index (χ1) is 8.88. The molecule has 1 aliphatic heterocycles. The minimum Gasteiger partial charge on any atom is -0.392 e. The average molecular weight is 265 g/mol. The van der Waals surface area contributed by atoms with Crippen molar-refractivity contribution in [2.75, 3.05) is 0 Å². The van der Waals surface area contributed by atoms with Gasteiger partial charge in [-0.15, -0.1) is 0 Å². The maximum absolute atomic E-state index is 12.7. The lowest BCUT2D eigenvalue weighted by atomic mass is 9.63. The van der Waals surface area contributed by atoms with E-state index in [9.17, 15) is 14.7 Å². The highest BCUT2D eigenvalue weighted by atomic mass is 16.3. The fourth-order valence-electron chi connectivity index (χ4n) is 4.07. The summed E-state index contributed by atoms with van der Waals surface area (Å²) in [5, 5.41) is 9.83. The van der Waals surface area contributed by atoms with Gasteiger partial charge in [-0.2, -0.15) is 0 Å². The summed E-state index contributed by atoms with van der Waals surface area (Å²) in [5.41, 5.74) is -0.753. The summed E-state index contributed by atoms with van der Waals surface area (Å²) < 4.78 is 0. The second-order valence-electron chi connectivity index (χ2n) is 7.18. The van der Waals surface area contributed by atoms with Crippen molar-refractivity contribution in [1.82, 2.24) is 4.90 Å². The Hall–Kier alpha value is -0.900. The first-order valence-corrected chi connectivity index (χ1v) is 7.43. The molecule has 1 heterocycles. The molecule has 4 heteroatoms. The van der Waals surface area contributed by atoms with Crippen LogP contribution >= 0.6 is 0 Å². The van der Waals surface area contributed by atoms with E-state index in [-0.39, 0.29) is 23.3 Å². The van der Waals surface area contributed by atoms with Gasteiger partial charge in [0.1, 0.15) is 0 Å². The molecule has 0 bridgehead atoms. The number of nitrogens with zero attached hydrogens (tertiary/aromatic N) is 1. The molecular weight excluding hydrogens is 242 g/mol. The minimum absolute atomic E-state index is 0.0168. The van der Waals surface area contributed by atoms with E-state index in [1.54, 1.807) is 0 Å². The van der Waals surface area contributed by atoms with Gasteiger partial charge in [0.2, 0.25) is 11.8 Å². The van der Waals surface area contributed by atoms with Crippen molar-refractivity contribution in [2.45, 2.75) is 70.9 Å². The molecule has 19 heavy (non-hydrogen) atoms. The summed E-state index contributed by atoms with van der Waals surface area (Å²) in [6.45, 7) is 3.89. The van der Waals surface area contributed by atoms with E-state index in [4.69, 9.17) is 0 Å². The maximum atomic E-state index is 12.7. The number of imide groups is 1. The lowest BCUT2D eigenvalue weighted by Gasteiger charge is -2.52. The number of carbonyl (C=O) groups is 2. The number of rotatable bonds is 1. The molecule has 1 spiro atoms. The second kappa shape index (κ2) is 4.05. The van der Waals surface area contributed by atoms with Gasteiger partial charge >= 0.3 is 0 Å². The monoisotopic (exact) mass is 265 g/mol. The Bertz CT molecular complexity index is 423. The van der Waals surface area contributed by atoms with Crippen molar-refractivity contribution in [2.24, 2.45) is 10.8 Å². The van der Waals surface area contributed by atoms with Crippen molar-refractivity contribution in [3.05, 3.63) is 0 Å². The maximum Gasteiger partial charge on any atom is 0.236 e. The van der Waals surface area contributed by atoms with E-state index in [0.29, 0.717) is 12.8 Å². The highest BCUT2D eigenvalue weighted by molar-refractivity contribution is 6.06. The Morgan fingerprint density at radius 1 is 1.16 bits per heavy atom. The number of aliphatic hydroxyl groups excluding tert-OH is 1. The van der Waals surface area contributed by atoms with Gasteiger partial charge < -0.3 is 5.11 Å². The van der Waals surface area contributed by atoms with Gasteiger partial charge in [0.05, 0.1) is 11.5 Å². The Labute approximate surface area is 114 Å². The van der Waals surface area contributed by atoms with E-state index in [1.807, 2.05) is 13.8 Å². The van der Waals surface area contributed by atoms with Crippen LogP contribution in [0.4, 0.5) is 0 Å². The molecule has 4 nitrogen and oxygen atoms in total. The van der Waals surface area contributed by atoms with Crippen molar-refractivity contribution in [3.63, 3.8) is 0 Å². The number of hydrogen-bond acceptors (Lipinski definition) is 3. The molecule has 0 aromatic heterocycles. The van der Waals surface area contributed by atoms with Crippen molar-refractivity contribution < 1.29 is 14.7 Å². The number of carbonyl (C=O) groups excluding carboxylic acids is 2. The van der Waals surface area contributed by atoms with Gasteiger partial charge in [0, 0.05) is 17.9 Å². The van der Waals surface area contributed by atoms with Gasteiger partial charge in [0.25, 0.3) is 0 Å². The molecule has 1 saturated heterocycles. The summed E-state index contributed by atoms with van der Waals surface area (Å²) in [5.74, 6) is 0.0269. The summed E-state index contributed by atoms with van der Waals surface area (Å²) in [7, 11) is 0. The van der Waals surface area contributed by atoms with E-state index in [0.717, 1.165) is 25.7 Å². The molecule has 2 aliphatic carbocycles. The summed E-state index contributed by atoms with van der Waals surface area (Å²) in [6.07, 6.45) is 5.56. The van der Waals surface area contributed by atoms with Crippen LogP contribution in [0.2, 0.25) is 0 Å². The van der Waals surface area contributed by atoms with Crippen LogP contribution in [0, 0.1) is 10.8 Å². The third kappa shape index (κ3) is 1.69. The molecule has 1 N–H and O–H groups in total. The molecule has 3 aliphatic rings. The van der Waals surface area contributed by atoms with Crippen LogP contribution in [-0.2, 0) is 9.59 Å². The number of hydrogen-bond donors (Lipinski definition) is 1. The van der Waals surface area contributed by atoms with Crippen LogP contribution in [0.1, 0.15) is 58.8 Å². The van der Waals surface area contributed by atoms with Crippen LogP contribution in [0.3, 0.4) is 0 Å². The van der Waals surface area contributed by atoms with Crippen molar-refractivity contribution in [1.29, 1.82) is 0 Å². The summed E-state index contributed by atoms with van der Waals surface area (Å²) >= 11 is 0. The molecule has 3 fully saturated rings. The van der Waals surface area contributed by atoms with E-state index >= 15 is 0 Å². The highest BCUT2D eigenvalue weighted by Gasteiger charge is 2.60. The average Bonchev–Trinajstić information content (AvgIpc) is 2.60. The quantitative estimate of drug-likeness (QED) is 0.736. The molecule has 2 atom stereocenters. The van der Waals surface area contributed by atoms with Gasteiger partial charge in [-0.05, 0) is 19.3 Å². The van der Waals surface area contributed by atoms with Crippen LogP contribution in [0.5, 0.6) is 0 Å². The Morgan fingerprint density at radius 2 is 1.79 bits per heavy atom. The Morgan fingerprint density at radius 3 is 2.32 bits per heavy atom. The molecule has 106 valence electrons. The van der Waals surface area contributed by atoms with Crippen LogP contribution in [-0.4, -0.2) is 34.0 Å². The van der Waals surface area contributed by atoms with Crippen molar-refractivity contribution in [3.8, 4) is 0 Å². The highest BCUT2D eigenvalue weighted by Crippen LogP contribution is 2.51. The zero-order valence-electron chi connectivity index (χ0n) is 11.8. The molecule has 2 saturated carbocycles. The molecule has 3 rings (SSSR count). The van der Waals surface area contributed by atoms with E-state index < -0.39 is 11.5 Å². The molecular formula is C15H23NO3. The molecule has 2 unspecified atom stereocenters. The molecule has 0 aromatic rings. The molecule has 2 amide bonds. The van der Waals surface area contributed by atoms with Crippen LogP contribution < -0.4 is 0 Å². The predicted octanol–water partition coefficient (Wildman–Crippen LogP) is 1.86. The predicted molar refractivity (Wildman–Crippen MR) is 70.2 cm³/mol. The van der Waals surface area contributed by atoms with Crippen LogP contribution in [0.25, 0.3) is 0 Å². The topological polar surface area (TPSA) is 57.6 Å². The van der Waals surface area contributed by atoms with Gasteiger partial charge in [0.15, 0.2) is 0 Å². The van der Waals surface area contributed by atoms with Gasteiger partial charge in [-0.1, -0.05) is 33.1 Å². The first kappa shape index (κ1) is 13.1. The van der Waals surface area contributed by atoms with E-state index in [2.05, 4.69) is 0 Å². The fourth-order valence-corrected chi connectivity index (χ4v) is 4.07. The standard InChI is InChI=1S/C15H23NO3/c1-14(2)10(8-11(14)17)16-12(18)9-15(13(16)19)6-4-3-5-7-15/h10-11,17H,3-9H2,1-2H3. The van der Waals surface area contributed by atoms with Crippen molar-refractivity contribution >= 4 is 11.8 Å². The smallest absolute Gasteiger partial charge is 0.236 e. The van der Waals surface area contributed by atoms with E-state index in [1.165, 1.54) is 11.3 Å². The largest absolute Gasteiger partial charge is 0.392 e. The number of amides is 2. The number of aliphatic hydroxyl groups is 1. The fraction of sp³-hybridized carbons (Fsp3) is 0.867. The Balaban J connectivity index is 1.84. The van der Waals surface area contributed by atoms with Gasteiger partial charge in [-0.3, -0.25) is 14.5 Å². The second-order valence-corrected chi connectivity index (χ2v) is 7.18. The third-order valence-corrected chi connectivity index (χ3v) is 5.72. The minimum atomic E-state index is -0.402. The summed E-state index contributed by atoms with van der Waals surface area (Å²) in [6, 6.07) is -0.108. The normalized spacial score (nSPS) is 36.7. The summed E-state index contributed by atoms with van der Waals surface area (Å²) in [4.78, 5) is 26.6. The zero-order chi connectivity index (χ0) is 13.8. The van der Waals surface area contributed by atoms with Gasteiger partial charge in [-0.25, -0.2) is 0 Å². The zero-order valence-corrected chi connectivity index (χ0v) is 11.8. The lowest BCUT2D eigenvalue weighted by molar-refractivity contribution is -0.164. The number of likely N-dealkylation sites (tertiary alicyclic amines) is 1. The van der Waals surface area contributed by atoms with Crippen LogP contribution in [0.15, 0.2) is 0 Å². The molecule has 0 radical (unpaired) electrons. The lowest BCUT2D eigenvalue weighted by Crippen LogP contribution is -2.63.